The van der Waals surface area contributed by atoms with E-state index in [0.717, 1.165) is 12.8 Å². The Morgan fingerprint density at radius 1 is 1.30 bits per heavy atom. The molecule has 0 bridgehead atoms. The maximum Gasteiger partial charge on any atom is 0.309 e. The smallest absolute Gasteiger partial charge is 0.309 e. The van der Waals surface area contributed by atoms with E-state index in [-0.39, 0.29) is 11.9 Å². The zero-order chi connectivity index (χ0) is 14.4. The highest BCUT2D eigenvalue weighted by atomic mass is 16.5. The van der Waals surface area contributed by atoms with Crippen molar-refractivity contribution in [3.8, 4) is 0 Å². The lowest BCUT2D eigenvalue weighted by Gasteiger charge is -2.07. The number of ether oxygens (including phenoxy) is 2. The van der Waals surface area contributed by atoms with Gasteiger partial charge in [0, 0.05) is 13.7 Å². The van der Waals surface area contributed by atoms with E-state index in [9.17, 15) is 4.79 Å². The van der Waals surface area contributed by atoms with E-state index in [2.05, 4.69) is 18.2 Å². The molecule has 1 aromatic rings. The highest BCUT2D eigenvalue weighted by molar-refractivity contribution is 5.77. The fourth-order valence-electron chi connectivity index (χ4n) is 2.46. The van der Waals surface area contributed by atoms with Crippen molar-refractivity contribution in [1.29, 1.82) is 0 Å². The van der Waals surface area contributed by atoms with Gasteiger partial charge in [-0.2, -0.15) is 0 Å². The van der Waals surface area contributed by atoms with Gasteiger partial charge >= 0.3 is 5.97 Å². The van der Waals surface area contributed by atoms with Crippen LogP contribution in [-0.2, 0) is 14.3 Å². The SMILES string of the molecule is CCOC(=O)[C@@H]1C[C@H]1/C(=C/c1ccccc1)CCOC. The summed E-state index contributed by atoms with van der Waals surface area (Å²) in [5.41, 5.74) is 2.46. The third kappa shape index (κ3) is 3.94. The number of esters is 1. The van der Waals surface area contributed by atoms with Crippen LogP contribution in [-0.4, -0.2) is 26.3 Å². The summed E-state index contributed by atoms with van der Waals surface area (Å²) in [6, 6.07) is 10.2. The molecule has 0 radical (unpaired) electrons. The zero-order valence-electron chi connectivity index (χ0n) is 12.2. The molecule has 0 amide bonds. The van der Waals surface area contributed by atoms with Gasteiger partial charge in [-0.25, -0.2) is 0 Å². The molecule has 2 atom stereocenters. The number of rotatable bonds is 7. The Morgan fingerprint density at radius 3 is 2.70 bits per heavy atom. The summed E-state index contributed by atoms with van der Waals surface area (Å²) in [6.07, 6.45) is 3.95. The summed E-state index contributed by atoms with van der Waals surface area (Å²) in [6.45, 7) is 2.99. The average molecular weight is 274 g/mol. The minimum absolute atomic E-state index is 0.0433. The van der Waals surface area contributed by atoms with Crippen LogP contribution in [0.5, 0.6) is 0 Å². The standard InChI is InChI=1S/C17H22O3/c1-3-20-17(18)16-12-15(16)14(9-10-19-2)11-13-7-5-4-6-8-13/h4-8,11,15-16H,3,9-10,12H2,1-2H3/b14-11+/t15-,16+/m0/s1. The summed E-state index contributed by atoms with van der Waals surface area (Å²) in [4.78, 5) is 11.8. The zero-order valence-corrected chi connectivity index (χ0v) is 12.2. The van der Waals surface area contributed by atoms with Crippen molar-refractivity contribution >= 4 is 12.0 Å². The van der Waals surface area contributed by atoms with Crippen molar-refractivity contribution in [2.24, 2.45) is 11.8 Å². The molecule has 0 heterocycles. The molecular weight excluding hydrogens is 252 g/mol. The molecule has 0 saturated heterocycles. The van der Waals surface area contributed by atoms with Crippen molar-refractivity contribution in [2.45, 2.75) is 19.8 Å². The first-order chi connectivity index (χ1) is 9.76. The van der Waals surface area contributed by atoms with Crippen LogP contribution in [0.2, 0.25) is 0 Å². The fourth-order valence-corrected chi connectivity index (χ4v) is 2.46. The first-order valence-electron chi connectivity index (χ1n) is 7.17. The molecule has 0 aromatic heterocycles. The van der Waals surface area contributed by atoms with Crippen molar-refractivity contribution in [2.75, 3.05) is 20.3 Å². The minimum atomic E-state index is -0.0612. The number of carbonyl (C=O) groups excluding carboxylic acids is 1. The summed E-state index contributed by atoms with van der Waals surface area (Å²) in [5.74, 6) is 0.306. The fraction of sp³-hybridized carbons (Fsp3) is 0.471. The second-order valence-corrected chi connectivity index (χ2v) is 5.07. The van der Waals surface area contributed by atoms with Gasteiger partial charge in [0.25, 0.3) is 0 Å². The van der Waals surface area contributed by atoms with E-state index in [4.69, 9.17) is 9.47 Å². The topological polar surface area (TPSA) is 35.5 Å². The Morgan fingerprint density at radius 2 is 2.05 bits per heavy atom. The Kier molecular flexibility index (Phi) is 5.36. The number of hydrogen-bond donors (Lipinski definition) is 0. The maximum atomic E-state index is 11.8. The van der Waals surface area contributed by atoms with Crippen molar-refractivity contribution < 1.29 is 14.3 Å². The van der Waals surface area contributed by atoms with Gasteiger partial charge in [0.15, 0.2) is 0 Å². The van der Waals surface area contributed by atoms with Crippen LogP contribution >= 0.6 is 0 Å². The molecule has 0 unspecified atom stereocenters. The molecule has 20 heavy (non-hydrogen) atoms. The lowest BCUT2D eigenvalue weighted by Crippen LogP contribution is -2.08. The quantitative estimate of drug-likeness (QED) is 0.716. The predicted octanol–water partition coefficient (Wildman–Crippen LogP) is 3.31. The largest absolute Gasteiger partial charge is 0.466 e. The first-order valence-corrected chi connectivity index (χ1v) is 7.17. The third-order valence-electron chi connectivity index (χ3n) is 3.60. The average Bonchev–Trinajstić information content (AvgIpc) is 3.25. The van der Waals surface area contributed by atoms with Crippen molar-refractivity contribution in [1.82, 2.24) is 0 Å². The van der Waals surface area contributed by atoms with E-state index in [1.165, 1.54) is 11.1 Å². The number of benzene rings is 1. The van der Waals surface area contributed by atoms with Crippen LogP contribution in [0.3, 0.4) is 0 Å². The van der Waals surface area contributed by atoms with Crippen LogP contribution in [0.1, 0.15) is 25.3 Å². The van der Waals surface area contributed by atoms with Crippen LogP contribution in [0.15, 0.2) is 35.9 Å². The molecule has 108 valence electrons. The third-order valence-corrected chi connectivity index (χ3v) is 3.60. The van der Waals surface area contributed by atoms with Crippen molar-refractivity contribution in [3.05, 3.63) is 41.5 Å². The number of methoxy groups -OCH3 is 1. The van der Waals surface area contributed by atoms with Crippen LogP contribution < -0.4 is 0 Å². The summed E-state index contributed by atoms with van der Waals surface area (Å²) >= 11 is 0. The molecule has 3 nitrogen and oxygen atoms in total. The molecule has 3 heteroatoms. The molecule has 0 aliphatic heterocycles. The molecule has 2 rings (SSSR count). The van der Waals surface area contributed by atoms with Gasteiger partial charge < -0.3 is 9.47 Å². The molecular formula is C17H22O3. The van der Waals surface area contributed by atoms with Crippen LogP contribution in [0, 0.1) is 11.8 Å². The Balaban J connectivity index is 2.06. The molecule has 0 N–H and O–H groups in total. The minimum Gasteiger partial charge on any atom is -0.466 e. The number of hydrogen-bond acceptors (Lipinski definition) is 3. The van der Waals surface area contributed by atoms with Crippen molar-refractivity contribution in [3.63, 3.8) is 0 Å². The van der Waals surface area contributed by atoms with Gasteiger partial charge in [-0.1, -0.05) is 42.0 Å². The molecule has 1 saturated carbocycles. The highest BCUT2D eigenvalue weighted by Crippen LogP contribution is 2.46. The van der Waals surface area contributed by atoms with Gasteiger partial charge in [0.05, 0.1) is 12.5 Å². The van der Waals surface area contributed by atoms with Gasteiger partial charge in [0.1, 0.15) is 0 Å². The van der Waals surface area contributed by atoms with Crippen LogP contribution in [0.25, 0.3) is 6.08 Å². The Labute approximate surface area is 120 Å². The van der Waals surface area contributed by atoms with Gasteiger partial charge in [0.2, 0.25) is 0 Å². The van der Waals surface area contributed by atoms with E-state index in [1.807, 2.05) is 25.1 Å². The first kappa shape index (κ1) is 14.8. The normalized spacial score (nSPS) is 21.6. The Hall–Kier alpha value is -1.61. The van der Waals surface area contributed by atoms with Gasteiger partial charge in [-0.3, -0.25) is 4.79 Å². The molecule has 1 aliphatic carbocycles. The van der Waals surface area contributed by atoms with E-state index in [0.29, 0.717) is 19.1 Å². The second-order valence-electron chi connectivity index (χ2n) is 5.07. The van der Waals surface area contributed by atoms with Gasteiger partial charge in [-0.05, 0) is 31.2 Å². The predicted molar refractivity (Wildman–Crippen MR) is 79.1 cm³/mol. The lowest BCUT2D eigenvalue weighted by molar-refractivity contribution is -0.144. The maximum absolute atomic E-state index is 11.8. The van der Waals surface area contributed by atoms with E-state index < -0.39 is 0 Å². The molecule has 0 spiro atoms. The molecule has 1 fully saturated rings. The summed E-state index contributed by atoms with van der Waals surface area (Å²) < 4.78 is 10.3. The molecule has 1 aliphatic rings. The summed E-state index contributed by atoms with van der Waals surface area (Å²) in [5, 5.41) is 0. The van der Waals surface area contributed by atoms with Gasteiger partial charge in [-0.15, -0.1) is 0 Å². The van der Waals surface area contributed by atoms with E-state index >= 15 is 0 Å². The lowest BCUT2D eigenvalue weighted by atomic mass is 10.0. The second kappa shape index (κ2) is 7.25. The molecule has 1 aromatic carbocycles. The monoisotopic (exact) mass is 274 g/mol. The van der Waals surface area contributed by atoms with Crippen LogP contribution in [0.4, 0.5) is 0 Å². The number of carbonyl (C=O) groups is 1. The highest BCUT2D eigenvalue weighted by Gasteiger charge is 2.45. The Bertz CT molecular complexity index is 464. The van der Waals surface area contributed by atoms with E-state index in [1.54, 1.807) is 7.11 Å². The summed E-state index contributed by atoms with van der Waals surface area (Å²) in [7, 11) is 1.70.